The van der Waals surface area contributed by atoms with Gasteiger partial charge in [0.05, 0.1) is 5.56 Å². The minimum Gasteiger partial charge on any atom is -0.349 e. The maximum atomic E-state index is 15.1. The van der Waals surface area contributed by atoms with Crippen LogP contribution in [0, 0.1) is 17.7 Å². The summed E-state index contributed by atoms with van der Waals surface area (Å²) in [6.07, 6.45) is 5.15. The predicted octanol–water partition coefficient (Wildman–Crippen LogP) is 4.01. The SMILES string of the molecule is Cl.NCC1CCC(C(=O)N[C@@H](Cc2ccc(-c3ccc(C(=O)NC4CCNCC4)c(F)c3)cc2)C(=O)Nc2ccc(-c3nn[nH]n3)cc2)CC1. The monoisotopic (exact) mass is 703 g/mol. The number of halogens is 2. The van der Waals surface area contributed by atoms with Crippen molar-refractivity contribution in [1.29, 1.82) is 0 Å². The van der Waals surface area contributed by atoms with Crippen LogP contribution in [0.3, 0.4) is 0 Å². The third-order valence-electron chi connectivity index (χ3n) is 9.56. The van der Waals surface area contributed by atoms with E-state index in [1.165, 1.54) is 12.1 Å². The number of benzene rings is 3. The topological polar surface area (TPSA) is 180 Å². The first-order valence-corrected chi connectivity index (χ1v) is 16.9. The summed E-state index contributed by atoms with van der Waals surface area (Å²) in [6, 6.07) is 18.3. The van der Waals surface area contributed by atoms with Gasteiger partial charge in [-0.25, -0.2) is 4.39 Å². The lowest BCUT2D eigenvalue weighted by Crippen LogP contribution is -2.48. The number of tetrazole rings is 1. The van der Waals surface area contributed by atoms with E-state index in [0.29, 0.717) is 29.5 Å². The van der Waals surface area contributed by atoms with Gasteiger partial charge in [0.15, 0.2) is 0 Å². The number of aromatic nitrogens is 4. The molecule has 3 amide bonds. The highest BCUT2D eigenvalue weighted by Crippen LogP contribution is 2.29. The quantitative estimate of drug-likeness (QED) is 0.136. The van der Waals surface area contributed by atoms with Crippen LogP contribution in [0.1, 0.15) is 54.4 Å². The number of aromatic amines is 1. The van der Waals surface area contributed by atoms with E-state index in [0.717, 1.165) is 68.3 Å². The number of piperidine rings is 1. The van der Waals surface area contributed by atoms with Crippen molar-refractivity contribution in [3.63, 3.8) is 0 Å². The van der Waals surface area contributed by atoms with Gasteiger partial charge in [0.1, 0.15) is 11.9 Å². The van der Waals surface area contributed by atoms with Gasteiger partial charge in [0.25, 0.3) is 5.91 Å². The van der Waals surface area contributed by atoms with E-state index in [1.807, 2.05) is 24.3 Å². The molecule has 7 N–H and O–H groups in total. The second kappa shape index (κ2) is 17.3. The van der Waals surface area contributed by atoms with E-state index in [2.05, 4.69) is 41.9 Å². The average Bonchev–Trinajstić information content (AvgIpc) is 3.68. The van der Waals surface area contributed by atoms with E-state index in [1.54, 1.807) is 30.3 Å². The number of H-pyrrole nitrogens is 1. The first-order chi connectivity index (χ1) is 23.9. The van der Waals surface area contributed by atoms with Crippen molar-refractivity contribution in [2.75, 3.05) is 25.0 Å². The number of nitrogens with zero attached hydrogens (tertiary/aromatic N) is 3. The van der Waals surface area contributed by atoms with E-state index in [9.17, 15) is 14.4 Å². The van der Waals surface area contributed by atoms with Gasteiger partial charge in [-0.1, -0.05) is 30.3 Å². The summed E-state index contributed by atoms with van der Waals surface area (Å²) in [5, 5.41) is 26.1. The number of amides is 3. The largest absolute Gasteiger partial charge is 0.349 e. The molecule has 1 aliphatic heterocycles. The van der Waals surface area contributed by atoms with Gasteiger partial charge >= 0.3 is 0 Å². The van der Waals surface area contributed by atoms with Crippen LogP contribution >= 0.6 is 12.4 Å². The molecule has 12 nitrogen and oxygen atoms in total. The molecule has 0 radical (unpaired) electrons. The molecule has 1 saturated carbocycles. The van der Waals surface area contributed by atoms with Crippen molar-refractivity contribution in [3.05, 3.63) is 83.7 Å². The molecule has 1 atom stereocenters. The van der Waals surface area contributed by atoms with Crippen LogP contribution < -0.4 is 27.0 Å². The number of carbonyl (C=O) groups excluding carboxylic acids is 3. The Morgan fingerprint density at radius 3 is 2.20 bits per heavy atom. The van der Waals surface area contributed by atoms with Gasteiger partial charge in [-0.05, 0) is 122 Å². The van der Waals surface area contributed by atoms with Gasteiger partial charge in [0.2, 0.25) is 17.6 Å². The first kappa shape index (κ1) is 36.6. The number of nitrogens with one attached hydrogen (secondary N) is 5. The number of carbonyl (C=O) groups is 3. The lowest BCUT2D eigenvalue weighted by atomic mass is 9.81. The molecule has 6 rings (SSSR count). The molecular weight excluding hydrogens is 661 g/mol. The second-order valence-electron chi connectivity index (χ2n) is 12.9. The zero-order chi connectivity index (χ0) is 34.2. The van der Waals surface area contributed by atoms with Gasteiger partial charge in [-0.3, -0.25) is 14.4 Å². The number of nitrogens with two attached hydrogens (primary N) is 1. The lowest BCUT2D eigenvalue weighted by molar-refractivity contribution is -0.130. The fourth-order valence-corrected chi connectivity index (χ4v) is 6.55. The molecule has 0 unspecified atom stereocenters. The summed E-state index contributed by atoms with van der Waals surface area (Å²) < 4.78 is 15.1. The number of rotatable bonds is 11. The standard InChI is InChI=1S/C36H42FN9O3.ClH/c37-31-20-27(11-14-30(31)35(48)40-29-15-17-39-18-16-29)24-5-1-22(2-6-24)19-32(42-34(47)26-7-3-23(21-38)4-8-26)36(49)41-28-12-9-25(10-13-28)33-43-45-46-44-33;/h1-2,5-6,9-14,20,23,26,29,32,39H,3-4,7-8,15-19,21,38H2,(H,40,48)(H,41,49)(H,42,47)(H,43,44,45,46);1H/t23?,26?,32-;/m0./s1. The number of hydrogen-bond acceptors (Lipinski definition) is 8. The number of hydrogen-bond donors (Lipinski definition) is 6. The highest BCUT2D eigenvalue weighted by atomic mass is 35.5. The van der Waals surface area contributed by atoms with Gasteiger partial charge in [-0.15, -0.1) is 22.6 Å². The van der Waals surface area contributed by atoms with Crippen LogP contribution in [-0.2, 0) is 16.0 Å². The van der Waals surface area contributed by atoms with Crippen molar-refractivity contribution >= 4 is 35.8 Å². The van der Waals surface area contributed by atoms with Gasteiger partial charge in [0, 0.05) is 29.6 Å². The van der Waals surface area contributed by atoms with Crippen molar-refractivity contribution in [2.24, 2.45) is 17.6 Å². The zero-order valence-corrected chi connectivity index (χ0v) is 28.5. The predicted molar refractivity (Wildman–Crippen MR) is 191 cm³/mol. The fraction of sp³-hybridized carbons (Fsp3) is 0.389. The minimum atomic E-state index is -0.836. The molecule has 264 valence electrons. The van der Waals surface area contributed by atoms with Crippen LogP contribution in [-0.4, -0.2) is 70.1 Å². The molecule has 14 heteroatoms. The first-order valence-electron chi connectivity index (χ1n) is 16.9. The van der Waals surface area contributed by atoms with Crippen LogP contribution in [0.15, 0.2) is 66.7 Å². The van der Waals surface area contributed by atoms with Crippen LogP contribution in [0.5, 0.6) is 0 Å². The summed E-state index contributed by atoms with van der Waals surface area (Å²) in [5.74, 6) is -0.785. The zero-order valence-electron chi connectivity index (χ0n) is 27.7. The Labute approximate surface area is 296 Å². The average molecular weight is 704 g/mol. The summed E-state index contributed by atoms with van der Waals surface area (Å²) in [5.41, 5.74) is 9.37. The summed E-state index contributed by atoms with van der Waals surface area (Å²) in [7, 11) is 0. The molecule has 1 saturated heterocycles. The normalized spacial score (nSPS) is 18.4. The third kappa shape index (κ3) is 9.29. The molecule has 1 aliphatic carbocycles. The smallest absolute Gasteiger partial charge is 0.254 e. The summed E-state index contributed by atoms with van der Waals surface area (Å²) in [6.45, 7) is 2.27. The molecule has 0 bridgehead atoms. The third-order valence-corrected chi connectivity index (χ3v) is 9.56. The Bertz CT molecular complexity index is 1720. The Hall–Kier alpha value is -4.72. The van der Waals surface area contributed by atoms with E-state index >= 15 is 4.39 Å². The molecule has 2 fully saturated rings. The molecule has 2 aliphatic rings. The molecule has 1 aromatic heterocycles. The molecule has 2 heterocycles. The van der Waals surface area contributed by atoms with Gasteiger partial charge < -0.3 is 27.0 Å². The second-order valence-corrected chi connectivity index (χ2v) is 12.9. The van der Waals surface area contributed by atoms with Crippen molar-refractivity contribution in [1.82, 2.24) is 36.6 Å². The van der Waals surface area contributed by atoms with Gasteiger partial charge in [-0.2, -0.15) is 5.21 Å². The van der Waals surface area contributed by atoms with E-state index < -0.39 is 17.8 Å². The molecule has 0 spiro atoms. The molecule has 3 aromatic carbocycles. The van der Waals surface area contributed by atoms with Crippen LogP contribution in [0.25, 0.3) is 22.5 Å². The number of anilines is 1. The molecular formula is C36H43ClFN9O3. The summed E-state index contributed by atoms with van der Waals surface area (Å²) >= 11 is 0. The molecule has 4 aromatic rings. The van der Waals surface area contributed by atoms with Crippen molar-refractivity contribution in [3.8, 4) is 22.5 Å². The van der Waals surface area contributed by atoms with Crippen LogP contribution in [0.4, 0.5) is 10.1 Å². The minimum absolute atomic E-state index is 0. The maximum absolute atomic E-state index is 15.1. The maximum Gasteiger partial charge on any atom is 0.254 e. The Morgan fingerprint density at radius 1 is 0.880 bits per heavy atom. The Balaban J connectivity index is 0.00000486. The van der Waals surface area contributed by atoms with Crippen LogP contribution in [0.2, 0.25) is 0 Å². The highest BCUT2D eigenvalue weighted by Gasteiger charge is 2.29. The summed E-state index contributed by atoms with van der Waals surface area (Å²) in [4.78, 5) is 39.7. The Kier molecular flexibility index (Phi) is 12.6. The Morgan fingerprint density at radius 2 is 1.56 bits per heavy atom. The molecule has 50 heavy (non-hydrogen) atoms. The fourth-order valence-electron chi connectivity index (χ4n) is 6.55. The highest BCUT2D eigenvalue weighted by molar-refractivity contribution is 5.98. The van der Waals surface area contributed by atoms with E-state index in [-0.39, 0.29) is 48.2 Å². The lowest BCUT2D eigenvalue weighted by Gasteiger charge is -2.28. The van der Waals surface area contributed by atoms with E-state index in [4.69, 9.17) is 5.73 Å². The van der Waals surface area contributed by atoms with Crippen molar-refractivity contribution in [2.45, 2.75) is 57.0 Å². The van der Waals surface area contributed by atoms with Crippen molar-refractivity contribution < 1.29 is 18.8 Å².